The van der Waals surface area contributed by atoms with Crippen LogP contribution in [0.5, 0.6) is 0 Å². The molecule has 0 saturated heterocycles. The molecule has 2 aromatic rings. The quantitative estimate of drug-likeness (QED) is 0.750. The van der Waals surface area contributed by atoms with Crippen LogP contribution in [0.15, 0.2) is 53.1 Å². The van der Waals surface area contributed by atoms with Crippen molar-refractivity contribution in [1.29, 1.82) is 0 Å². The molecule has 0 spiro atoms. The molecule has 0 saturated carbocycles. The normalized spacial score (nSPS) is 13.9. The van der Waals surface area contributed by atoms with E-state index in [0.29, 0.717) is 5.92 Å². The van der Waals surface area contributed by atoms with E-state index in [1.165, 1.54) is 5.56 Å². The fourth-order valence-corrected chi connectivity index (χ4v) is 2.71. The molecule has 2 N–H and O–H groups in total. The van der Waals surface area contributed by atoms with Gasteiger partial charge in [-0.05, 0) is 52.9 Å². The predicted octanol–water partition coefficient (Wildman–Crippen LogP) is 3.66. The van der Waals surface area contributed by atoms with Crippen molar-refractivity contribution in [1.82, 2.24) is 10.3 Å². The van der Waals surface area contributed by atoms with Crippen LogP contribution in [0.2, 0.25) is 0 Å². The lowest BCUT2D eigenvalue weighted by Crippen LogP contribution is -2.26. The Hall–Kier alpha value is -1.23. The van der Waals surface area contributed by atoms with Gasteiger partial charge in [-0.25, -0.2) is 4.98 Å². The van der Waals surface area contributed by atoms with Crippen LogP contribution in [0, 0.1) is 0 Å². The lowest BCUT2D eigenvalue weighted by atomic mass is 9.95. The van der Waals surface area contributed by atoms with E-state index in [1.807, 2.05) is 36.4 Å². The summed E-state index contributed by atoms with van der Waals surface area (Å²) in [5.41, 5.74) is 2.27. The lowest BCUT2D eigenvalue weighted by molar-refractivity contribution is 0.272. The zero-order chi connectivity index (χ0) is 15.1. The number of benzene rings is 1. The Labute approximate surface area is 134 Å². The summed E-state index contributed by atoms with van der Waals surface area (Å²) in [6.07, 6.45) is 0.760. The number of halogens is 1. The maximum atomic E-state index is 9.27. The summed E-state index contributed by atoms with van der Waals surface area (Å²) in [4.78, 5) is 4.47. The van der Waals surface area contributed by atoms with Crippen LogP contribution < -0.4 is 5.32 Å². The molecule has 0 aliphatic carbocycles. The Kier molecular flexibility index (Phi) is 6.36. The van der Waals surface area contributed by atoms with Crippen molar-refractivity contribution in [3.63, 3.8) is 0 Å². The third kappa shape index (κ3) is 4.92. The summed E-state index contributed by atoms with van der Waals surface area (Å²) < 4.78 is 0.851. The van der Waals surface area contributed by atoms with E-state index in [-0.39, 0.29) is 12.6 Å². The smallest absolute Gasteiger partial charge is 0.106 e. The van der Waals surface area contributed by atoms with E-state index in [2.05, 4.69) is 45.3 Å². The van der Waals surface area contributed by atoms with Crippen molar-refractivity contribution in [3.8, 4) is 0 Å². The molecule has 1 aromatic heterocycles. The Morgan fingerprint density at radius 3 is 2.57 bits per heavy atom. The standard InChI is InChI=1S/C17H21BrN2O/c1-13(16-8-5-9-17(18)20-16)19-12-15(10-11-21)14-6-3-2-4-7-14/h2-9,13,15,19,21H,10-12H2,1H3/t13-,15-/m1/s1. The fourth-order valence-electron chi connectivity index (χ4n) is 2.36. The third-order valence-corrected chi connectivity index (χ3v) is 4.04. The van der Waals surface area contributed by atoms with Crippen molar-refractivity contribution in [2.24, 2.45) is 0 Å². The topological polar surface area (TPSA) is 45.1 Å². The Bertz CT molecular complexity index is 547. The average Bonchev–Trinajstić information content (AvgIpc) is 2.52. The van der Waals surface area contributed by atoms with Gasteiger partial charge in [-0.15, -0.1) is 0 Å². The molecule has 0 aliphatic heterocycles. The highest BCUT2D eigenvalue weighted by atomic mass is 79.9. The summed E-state index contributed by atoms with van der Waals surface area (Å²) >= 11 is 3.40. The van der Waals surface area contributed by atoms with Gasteiger partial charge >= 0.3 is 0 Å². The van der Waals surface area contributed by atoms with Crippen LogP contribution in [-0.2, 0) is 0 Å². The summed E-state index contributed by atoms with van der Waals surface area (Å²) in [7, 11) is 0. The number of rotatable bonds is 7. The first-order valence-corrected chi connectivity index (χ1v) is 8.01. The Morgan fingerprint density at radius 2 is 1.90 bits per heavy atom. The first-order chi connectivity index (χ1) is 10.2. The van der Waals surface area contributed by atoms with Gasteiger partial charge in [-0.2, -0.15) is 0 Å². The predicted molar refractivity (Wildman–Crippen MR) is 89.2 cm³/mol. The van der Waals surface area contributed by atoms with Gasteiger partial charge in [-0.3, -0.25) is 0 Å². The largest absolute Gasteiger partial charge is 0.396 e. The number of hydrogen-bond donors (Lipinski definition) is 2. The van der Waals surface area contributed by atoms with Crippen molar-refractivity contribution in [3.05, 3.63) is 64.4 Å². The minimum absolute atomic E-state index is 0.174. The first kappa shape index (κ1) is 16.1. The second-order valence-corrected chi connectivity index (χ2v) is 5.95. The number of aliphatic hydroxyl groups is 1. The summed E-state index contributed by atoms with van der Waals surface area (Å²) in [5.74, 6) is 0.311. The highest BCUT2D eigenvalue weighted by molar-refractivity contribution is 9.10. The van der Waals surface area contributed by atoms with Crippen LogP contribution in [0.4, 0.5) is 0 Å². The van der Waals surface area contributed by atoms with Gasteiger partial charge in [0.15, 0.2) is 0 Å². The molecule has 0 amide bonds. The molecule has 21 heavy (non-hydrogen) atoms. The maximum Gasteiger partial charge on any atom is 0.106 e. The van der Waals surface area contributed by atoms with Crippen LogP contribution in [0.3, 0.4) is 0 Å². The van der Waals surface area contributed by atoms with Gasteiger partial charge in [0.2, 0.25) is 0 Å². The fraction of sp³-hybridized carbons (Fsp3) is 0.353. The highest BCUT2D eigenvalue weighted by Crippen LogP contribution is 2.20. The van der Waals surface area contributed by atoms with Gasteiger partial charge < -0.3 is 10.4 Å². The van der Waals surface area contributed by atoms with E-state index < -0.39 is 0 Å². The Balaban J connectivity index is 1.98. The average molecular weight is 349 g/mol. The second-order valence-electron chi connectivity index (χ2n) is 5.14. The monoisotopic (exact) mass is 348 g/mol. The van der Waals surface area contributed by atoms with E-state index in [9.17, 15) is 5.11 Å². The van der Waals surface area contributed by atoms with Gasteiger partial charge in [0.1, 0.15) is 4.60 Å². The molecule has 112 valence electrons. The van der Waals surface area contributed by atoms with Gasteiger partial charge in [0.05, 0.1) is 5.69 Å². The molecule has 2 rings (SSSR count). The number of hydrogen-bond acceptors (Lipinski definition) is 3. The summed E-state index contributed by atoms with van der Waals surface area (Å²) in [5, 5.41) is 12.8. The number of nitrogens with one attached hydrogen (secondary N) is 1. The summed E-state index contributed by atoms with van der Waals surface area (Å²) in [6.45, 7) is 3.13. The number of aliphatic hydroxyl groups excluding tert-OH is 1. The maximum absolute atomic E-state index is 9.27. The minimum Gasteiger partial charge on any atom is -0.396 e. The number of pyridine rings is 1. The number of aromatic nitrogens is 1. The van der Waals surface area contributed by atoms with Gasteiger partial charge in [-0.1, -0.05) is 36.4 Å². The second kappa shape index (κ2) is 8.27. The number of nitrogens with zero attached hydrogens (tertiary/aromatic N) is 1. The molecule has 0 unspecified atom stereocenters. The van der Waals surface area contributed by atoms with E-state index in [0.717, 1.165) is 23.3 Å². The summed E-state index contributed by atoms with van der Waals surface area (Å²) in [6, 6.07) is 16.4. The third-order valence-electron chi connectivity index (χ3n) is 3.60. The lowest BCUT2D eigenvalue weighted by Gasteiger charge is -2.20. The van der Waals surface area contributed by atoms with Crippen molar-refractivity contribution >= 4 is 15.9 Å². The first-order valence-electron chi connectivity index (χ1n) is 7.22. The van der Waals surface area contributed by atoms with Crippen molar-refractivity contribution < 1.29 is 5.11 Å². The van der Waals surface area contributed by atoms with E-state index >= 15 is 0 Å². The van der Waals surface area contributed by atoms with Crippen molar-refractivity contribution in [2.75, 3.05) is 13.2 Å². The molecule has 4 heteroatoms. The highest BCUT2D eigenvalue weighted by Gasteiger charge is 2.13. The molecule has 2 atom stereocenters. The molecule has 1 heterocycles. The molecular weight excluding hydrogens is 328 g/mol. The zero-order valence-corrected chi connectivity index (χ0v) is 13.8. The molecule has 0 radical (unpaired) electrons. The van der Waals surface area contributed by atoms with E-state index in [1.54, 1.807) is 0 Å². The SMILES string of the molecule is C[C@@H](NC[C@@H](CCO)c1ccccc1)c1cccc(Br)n1. The van der Waals surface area contributed by atoms with E-state index in [4.69, 9.17) is 0 Å². The molecular formula is C17H21BrN2O. The molecule has 0 aliphatic rings. The van der Waals surface area contributed by atoms with Crippen LogP contribution >= 0.6 is 15.9 Å². The van der Waals surface area contributed by atoms with Crippen LogP contribution in [0.1, 0.15) is 36.6 Å². The van der Waals surface area contributed by atoms with Crippen molar-refractivity contribution in [2.45, 2.75) is 25.3 Å². The van der Waals surface area contributed by atoms with Crippen LogP contribution in [-0.4, -0.2) is 23.2 Å². The molecule has 0 fully saturated rings. The minimum atomic E-state index is 0.174. The zero-order valence-electron chi connectivity index (χ0n) is 12.2. The molecule has 1 aromatic carbocycles. The van der Waals surface area contributed by atoms with Gasteiger partial charge in [0, 0.05) is 19.2 Å². The Morgan fingerprint density at radius 1 is 1.14 bits per heavy atom. The van der Waals surface area contributed by atoms with Crippen LogP contribution in [0.25, 0.3) is 0 Å². The van der Waals surface area contributed by atoms with Gasteiger partial charge in [0.25, 0.3) is 0 Å². The molecule has 3 nitrogen and oxygen atoms in total. The molecule has 0 bridgehead atoms.